The predicted molar refractivity (Wildman–Crippen MR) is 83.0 cm³/mol. The summed E-state index contributed by atoms with van der Waals surface area (Å²) in [5, 5.41) is 0. The van der Waals surface area contributed by atoms with Gasteiger partial charge in [0.25, 0.3) is 10.9 Å². The molecule has 0 amide bonds. The molecule has 1 heterocycles. The molecule has 1 unspecified atom stereocenters. The third-order valence-electron chi connectivity index (χ3n) is 4.21. The molecule has 3 rings (SSSR count). The maximum absolute atomic E-state index is 12.2. The Kier molecular flexibility index (Phi) is 3.98. The van der Waals surface area contributed by atoms with Crippen molar-refractivity contribution in [2.45, 2.75) is 31.7 Å². The Bertz CT molecular complexity index is 807. The van der Waals surface area contributed by atoms with Crippen LogP contribution in [-0.4, -0.2) is 18.9 Å². The van der Waals surface area contributed by atoms with E-state index >= 15 is 0 Å². The first-order chi connectivity index (χ1) is 11.3. The molecule has 1 saturated heterocycles. The smallest absolute Gasteiger partial charge is 0.406 e. The fourth-order valence-electron chi connectivity index (χ4n) is 3.12. The van der Waals surface area contributed by atoms with E-state index in [-0.39, 0.29) is 23.2 Å². The van der Waals surface area contributed by atoms with Crippen molar-refractivity contribution in [2.75, 3.05) is 17.2 Å². The number of ether oxygens (including phenoxy) is 1. The maximum Gasteiger partial charge on any atom is 0.573 e. The van der Waals surface area contributed by atoms with Gasteiger partial charge in [0.05, 0.1) is 0 Å². The first-order valence-electron chi connectivity index (χ1n) is 7.46. The van der Waals surface area contributed by atoms with Crippen molar-refractivity contribution in [2.24, 2.45) is 0 Å². The Morgan fingerprint density at radius 3 is 2.42 bits per heavy atom. The molecule has 1 atom stereocenters. The lowest BCUT2D eigenvalue weighted by Gasteiger charge is -2.28. The monoisotopic (exact) mass is 340 g/mol. The number of hydrogen-bond acceptors (Lipinski definition) is 5. The van der Waals surface area contributed by atoms with Crippen LogP contribution in [0.2, 0.25) is 0 Å². The fraction of sp³-hybridized carbons (Fsp3) is 0.375. The summed E-state index contributed by atoms with van der Waals surface area (Å²) in [5.74, 6) is -0.277. The van der Waals surface area contributed by atoms with Gasteiger partial charge in [-0.15, -0.1) is 13.2 Å². The SMILES string of the molecule is Nc1c(N2CCCC2Cc2ccc(OC(F)(F)F)cc2)c(=O)c1=O. The summed E-state index contributed by atoms with van der Waals surface area (Å²) >= 11 is 0. The molecule has 1 aliphatic rings. The fourth-order valence-corrected chi connectivity index (χ4v) is 3.12. The number of alkyl halides is 3. The van der Waals surface area contributed by atoms with Crippen LogP contribution in [-0.2, 0) is 6.42 Å². The van der Waals surface area contributed by atoms with E-state index in [1.54, 1.807) is 12.1 Å². The molecule has 0 radical (unpaired) electrons. The van der Waals surface area contributed by atoms with Crippen molar-refractivity contribution in [1.29, 1.82) is 0 Å². The van der Waals surface area contributed by atoms with Crippen LogP contribution in [0, 0.1) is 0 Å². The highest BCUT2D eigenvalue weighted by atomic mass is 19.4. The van der Waals surface area contributed by atoms with Crippen LogP contribution in [0.3, 0.4) is 0 Å². The Labute approximate surface area is 135 Å². The number of hydrogen-bond donors (Lipinski definition) is 1. The minimum Gasteiger partial charge on any atom is -0.406 e. The quantitative estimate of drug-likeness (QED) is 0.862. The van der Waals surface area contributed by atoms with Gasteiger partial charge in [-0.1, -0.05) is 12.1 Å². The Morgan fingerprint density at radius 1 is 1.17 bits per heavy atom. The number of benzene rings is 1. The van der Waals surface area contributed by atoms with Gasteiger partial charge >= 0.3 is 6.36 Å². The second-order valence-corrected chi connectivity index (χ2v) is 5.81. The number of rotatable bonds is 4. The van der Waals surface area contributed by atoms with Crippen molar-refractivity contribution in [1.82, 2.24) is 0 Å². The molecule has 0 aromatic heterocycles. The number of nitrogens with zero attached hydrogens (tertiary/aromatic N) is 1. The third-order valence-corrected chi connectivity index (χ3v) is 4.21. The molecular formula is C16H15F3N2O3. The number of nitrogen functional groups attached to an aromatic ring is 1. The summed E-state index contributed by atoms with van der Waals surface area (Å²) in [7, 11) is 0. The lowest BCUT2D eigenvalue weighted by Crippen LogP contribution is -2.45. The average Bonchev–Trinajstić information content (AvgIpc) is 2.95. The van der Waals surface area contributed by atoms with Gasteiger partial charge in [0, 0.05) is 12.6 Å². The van der Waals surface area contributed by atoms with Gasteiger partial charge < -0.3 is 15.4 Å². The topological polar surface area (TPSA) is 72.6 Å². The molecule has 128 valence electrons. The zero-order chi connectivity index (χ0) is 17.5. The minimum atomic E-state index is -4.72. The largest absolute Gasteiger partial charge is 0.573 e. The molecule has 0 saturated carbocycles. The summed E-state index contributed by atoms with van der Waals surface area (Å²) in [6.45, 7) is 0.634. The molecule has 1 aliphatic heterocycles. The summed E-state index contributed by atoms with van der Waals surface area (Å²) < 4.78 is 40.3. The van der Waals surface area contributed by atoms with E-state index in [0.717, 1.165) is 18.4 Å². The van der Waals surface area contributed by atoms with E-state index < -0.39 is 17.2 Å². The van der Waals surface area contributed by atoms with E-state index in [2.05, 4.69) is 4.74 Å². The third kappa shape index (κ3) is 3.08. The minimum absolute atomic E-state index is 0.000764. The van der Waals surface area contributed by atoms with Crippen LogP contribution in [0.5, 0.6) is 5.75 Å². The summed E-state index contributed by atoms with van der Waals surface area (Å²) in [4.78, 5) is 24.8. The van der Waals surface area contributed by atoms with Crippen molar-refractivity contribution in [3.8, 4) is 5.75 Å². The second kappa shape index (κ2) is 5.85. The number of nitrogens with two attached hydrogens (primary N) is 1. The standard InChI is InChI=1S/C16H15F3N2O3/c17-16(18,19)24-11-5-3-9(4-6-11)8-10-2-1-7-21(10)13-12(20)14(22)15(13)23/h3-6,10H,1-2,7-8,20H2. The van der Waals surface area contributed by atoms with Gasteiger partial charge in [0.1, 0.15) is 17.1 Å². The molecule has 8 heteroatoms. The average molecular weight is 340 g/mol. The van der Waals surface area contributed by atoms with E-state index in [4.69, 9.17) is 5.73 Å². The predicted octanol–water partition coefficient (Wildman–Crippen LogP) is 1.97. The molecule has 24 heavy (non-hydrogen) atoms. The highest BCUT2D eigenvalue weighted by molar-refractivity contribution is 5.73. The van der Waals surface area contributed by atoms with Crippen molar-refractivity contribution in [3.05, 3.63) is 50.3 Å². The molecule has 2 aromatic carbocycles. The molecule has 5 nitrogen and oxygen atoms in total. The molecule has 0 spiro atoms. The Morgan fingerprint density at radius 2 is 1.83 bits per heavy atom. The van der Waals surface area contributed by atoms with E-state index in [1.165, 1.54) is 12.1 Å². The number of anilines is 2. The van der Waals surface area contributed by atoms with Gasteiger partial charge in [0.2, 0.25) is 0 Å². The maximum atomic E-state index is 12.2. The van der Waals surface area contributed by atoms with E-state index in [0.29, 0.717) is 13.0 Å². The van der Waals surface area contributed by atoms with E-state index in [1.807, 2.05) is 4.90 Å². The van der Waals surface area contributed by atoms with Crippen molar-refractivity contribution in [3.63, 3.8) is 0 Å². The molecule has 2 N–H and O–H groups in total. The summed E-state index contributed by atoms with van der Waals surface area (Å²) in [6, 6.07) is 5.62. The zero-order valence-electron chi connectivity index (χ0n) is 12.6. The number of halogens is 3. The molecule has 0 aliphatic carbocycles. The summed E-state index contributed by atoms with van der Waals surface area (Å²) in [5.41, 5.74) is 5.50. The van der Waals surface area contributed by atoms with Gasteiger partial charge in [-0.05, 0) is 37.0 Å². The van der Waals surface area contributed by atoms with Gasteiger partial charge in [0.15, 0.2) is 0 Å². The highest BCUT2D eigenvalue weighted by Crippen LogP contribution is 2.29. The van der Waals surface area contributed by atoms with Crippen LogP contribution in [0.1, 0.15) is 18.4 Å². The van der Waals surface area contributed by atoms with Crippen molar-refractivity contribution < 1.29 is 17.9 Å². The van der Waals surface area contributed by atoms with Crippen LogP contribution >= 0.6 is 0 Å². The van der Waals surface area contributed by atoms with Crippen molar-refractivity contribution >= 4 is 11.4 Å². The summed E-state index contributed by atoms with van der Waals surface area (Å²) in [6.07, 6.45) is -2.49. The normalized spacial score (nSPS) is 18.3. The lowest BCUT2D eigenvalue weighted by atomic mass is 10.0. The first-order valence-corrected chi connectivity index (χ1v) is 7.46. The van der Waals surface area contributed by atoms with Crippen LogP contribution < -0.4 is 26.2 Å². The van der Waals surface area contributed by atoms with Gasteiger partial charge in [-0.25, -0.2) is 0 Å². The van der Waals surface area contributed by atoms with E-state index in [9.17, 15) is 22.8 Å². The lowest BCUT2D eigenvalue weighted by molar-refractivity contribution is -0.274. The molecule has 0 bridgehead atoms. The second-order valence-electron chi connectivity index (χ2n) is 5.81. The van der Waals surface area contributed by atoms with Gasteiger partial charge in [-0.3, -0.25) is 9.59 Å². The Balaban J connectivity index is 1.71. The Hall–Kier alpha value is -2.51. The van der Waals surface area contributed by atoms with Crippen LogP contribution in [0.15, 0.2) is 33.9 Å². The molecule has 2 aromatic rings. The highest BCUT2D eigenvalue weighted by Gasteiger charge is 2.33. The van der Waals surface area contributed by atoms with Crippen LogP contribution in [0.4, 0.5) is 24.5 Å². The van der Waals surface area contributed by atoms with Crippen LogP contribution in [0.25, 0.3) is 0 Å². The first kappa shape index (κ1) is 16.4. The van der Waals surface area contributed by atoms with Gasteiger partial charge in [-0.2, -0.15) is 0 Å². The molecular weight excluding hydrogens is 325 g/mol. The zero-order valence-corrected chi connectivity index (χ0v) is 12.6. The molecule has 1 fully saturated rings.